The SMILES string of the molecule is Cc1ccc(S(=O)(=O)NC(CC(C)C)C(=O)NCCS(=O)C(C)(C)C)cc1. The van der Waals surface area contributed by atoms with Crippen LogP contribution in [0.15, 0.2) is 29.2 Å². The van der Waals surface area contributed by atoms with Crippen molar-refractivity contribution < 1.29 is 17.4 Å². The first-order valence-electron chi connectivity index (χ1n) is 9.08. The van der Waals surface area contributed by atoms with Crippen LogP contribution in [-0.4, -0.2) is 41.6 Å². The van der Waals surface area contributed by atoms with Crippen LogP contribution in [0, 0.1) is 12.8 Å². The molecular formula is C19H32N2O4S2. The highest BCUT2D eigenvalue weighted by Crippen LogP contribution is 2.14. The molecule has 0 saturated carbocycles. The van der Waals surface area contributed by atoms with Crippen molar-refractivity contribution in [3.63, 3.8) is 0 Å². The Balaban J connectivity index is 2.81. The van der Waals surface area contributed by atoms with Gasteiger partial charge in [-0.25, -0.2) is 8.42 Å². The van der Waals surface area contributed by atoms with Gasteiger partial charge in [0.1, 0.15) is 6.04 Å². The monoisotopic (exact) mass is 416 g/mol. The first kappa shape index (κ1) is 23.8. The van der Waals surface area contributed by atoms with Crippen LogP contribution in [0.1, 0.15) is 46.6 Å². The molecule has 0 saturated heterocycles. The normalized spacial score (nSPS) is 14.8. The van der Waals surface area contributed by atoms with Crippen molar-refractivity contribution in [2.24, 2.45) is 5.92 Å². The summed E-state index contributed by atoms with van der Waals surface area (Å²) in [6, 6.07) is 5.60. The van der Waals surface area contributed by atoms with Crippen LogP contribution in [0.2, 0.25) is 0 Å². The molecule has 8 heteroatoms. The fraction of sp³-hybridized carbons (Fsp3) is 0.632. The molecule has 0 aliphatic carbocycles. The molecule has 0 aliphatic rings. The molecule has 27 heavy (non-hydrogen) atoms. The summed E-state index contributed by atoms with van der Waals surface area (Å²) in [4.78, 5) is 12.7. The minimum Gasteiger partial charge on any atom is -0.354 e. The van der Waals surface area contributed by atoms with Crippen LogP contribution in [0.25, 0.3) is 0 Å². The molecule has 0 spiro atoms. The molecule has 2 N–H and O–H groups in total. The molecule has 1 aromatic carbocycles. The number of rotatable bonds is 9. The van der Waals surface area contributed by atoms with Gasteiger partial charge in [-0.2, -0.15) is 4.72 Å². The number of carbonyl (C=O) groups is 1. The summed E-state index contributed by atoms with van der Waals surface area (Å²) >= 11 is 0. The highest BCUT2D eigenvalue weighted by Gasteiger charge is 2.27. The summed E-state index contributed by atoms with van der Waals surface area (Å²) in [5, 5.41) is 2.72. The van der Waals surface area contributed by atoms with Gasteiger partial charge in [0.2, 0.25) is 15.9 Å². The summed E-state index contributed by atoms with van der Waals surface area (Å²) in [5.74, 6) is 0.0596. The largest absolute Gasteiger partial charge is 0.354 e. The van der Waals surface area contributed by atoms with E-state index in [9.17, 15) is 17.4 Å². The highest BCUT2D eigenvalue weighted by atomic mass is 32.2. The van der Waals surface area contributed by atoms with Gasteiger partial charge in [0, 0.05) is 27.8 Å². The van der Waals surface area contributed by atoms with E-state index in [-0.39, 0.29) is 22.1 Å². The van der Waals surface area contributed by atoms with Crippen LogP contribution >= 0.6 is 0 Å². The van der Waals surface area contributed by atoms with Crippen LogP contribution in [0.4, 0.5) is 0 Å². The van der Waals surface area contributed by atoms with Gasteiger partial charge in [-0.3, -0.25) is 9.00 Å². The number of nitrogens with one attached hydrogen (secondary N) is 2. The Hall–Kier alpha value is -1.25. The van der Waals surface area contributed by atoms with E-state index >= 15 is 0 Å². The fourth-order valence-electron chi connectivity index (χ4n) is 2.35. The van der Waals surface area contributed by atoms with Crippen molar-refractivity contribution >= 4 is 26.7 Å². The van der Waals surface area contributed by atoms with E-state index in [0.29, 0.717) is 12.2 Å². The molecule has 0 bridgehead atoms. The van der Waals surface area contributed by atoms with Crippen molar-refractivity contribution in [3.8, 4) is 0 Å². The maximum absolute atomic E-state index is 12.6. The Bertz CT molecular complexity index is 751. The zero-order valence-corrected chi connectivity index (χ0v) is 18.7. The first-order valence-corrected chi connectivity index (χ1v) is 11.9. The number of benzene rings is 1. The van der Waals surface area contributed by atoms with Gasteiger partial charge in [0.15, 0.2) is 0 Å². The van der Waals surface area contributed by atoms with E-state index in [4.69, 9.17) is 0 Å². The van der Waals surface area contributed by atoms with E-state index < -0.39 is 32.8 Å². The molecule has 1 aromatic rings. The number of amides is 1. The number of hydrogen-bond donors (Lipinski definition) is 2. The lowest BCUT2D eigenvalue weighted by atomic mass is 10.0. The second kappa shape index (κ2) is 9.80. The summed E-state index contributed by atoms with van der Waals surface area (Å²) in [6.07, 6.45) is 0.374. The molecule has 1 amide bonds. The standard InChI is InChI=1S/C19H32N2O4S2/c1-14(2)13-17(18(22)20-11-12-26(23)19(4,5)6)21-27(24,25)16-9-7-15(3)8-10-16/h7-10,14,17,21H,11-13H2,1-6H3,(H,20,22). The summed E-state index contributed by atoms with van der Waals surface area (Å²) < 4.78 is 39.5. The van der Waals surface area contributed by atoms with Crippen molar-refractivity contribution in [2.45, 2.75) is 63.6 Å². The topological polar surface area (TPSA) is 92.3 Å². The maximum Gasteiger partial charge on any atom is 0.241 e. The second-order valence-electron chi connectivity index (χ2n) is 8.07. The lowest BCUT2D eigenvalue weighted by Crippen LogP contribution is -2.48. The molecular weight excluding hydrogens is 384 g/mol. The number of hydrogen-bond acceptors (Lipinski definition) is 4. The minimum atomic E-state index is -3.80. The third-order valence-corrected chi connectivity index (χ3v) is 7.35. The third-order valence-electron chi connectivity index (χ3n) is 3.92. The average Bonchev–Trinajstić information content (AvgIpc) is 2.52. The highest BCUT2D eigenvalue weighted by molar-refractivity contribution is 7.89. The summed E-state index contributed by atoms with van der Waals surface area (Å²) in [5.41, 5.74) is 0.956. The Morgan fingerprint density at radius 2 is 1.70 bits per heavy atom. The van der Waals surface area contributed by atoms with Crippen molar-refractivity contribution in [1.82, 2.24) is 10.0 Å². The van der Waals surface area contributed by atoms with Crippen LogP contribution < -0.4 is 10.0 Å². The van der Waals surface area contributed by atoms with E-state index in [2.05, 4.69) is 10.0 Å². The first-order chi connectivity index (χ1) is 12.3. The smallest absolute Gasteiger partial charge is 0.241 e. The summed E-state index contributed by atoms with van der Waals surface area (Å²) in [7, 11) is -4.88. The Labute approximate surface area is 166 Å². The quantitative estimate of drug-likeness (QED) is 0.646. The van der Waals surface area contributed by atoms with Crippen molar-refractivity contribution in [2.75, 3.05) is 12.3 Å². The van der Waals surface area contributed by atoms with Gasteiger partial charge in [-0.15, -0.1) is 0 Å². The number of aryl methyl sites for hydroxylation is 1. The Morgan fingerprint density at radius 1 is 1.15 bits per heavy atom. The van der Waals surface area contributed by atoms with Gasteiger partial charge in [0.25, 0.3) is 0 Å². The molecule has 0 aromatic heterocycles. The molecule has 154 valence electrons. The van der Waals surface area contributed by atoms with Crippen molar-refractivity contribution in [3.05, 3.63) is 29.8 Å². The molecule has 2 unspecified atom stereocenters. The molecule has 0 heterocycles. The van der Waals surface area contributed by atoms with Crippen LogP contribution in [0.5, 0.6) is 0 Å². The molecule has 1 rings (SSSR count). The summed E-state index contributed by atoms with van der Waals surface area (Å²) in [6.45, 7) is 11.6. The predicted molar refractivity (Wildman–Crippen MR) is 111 cm³/mol. The van der Waals surface area contributed by atoms with Gasteiger partial charge < -0.3 is 5.32 Å². The third kappa shape index (κ3) is 8.11. The molecule has 0 aliphatic heterocycles. The molecule has 0 radical (unpaired) electrons. The maximum atomic E-state index is 12.6. The second-order valence-corrected chi connectivity index (χ2v) is 12.1. The lowest BCUT2D eigenvalue weighted by Gasteiger charge is -2.21. The van der Waals surface area contributed by atoms with Crippen LogP contribution in [0.3, 0.4) is 0 Å². The van der Waals surface area contributed by atoms with Gasteiger partial charge in [-0.1, -0.05) is 31.5 Å². The van der Waals surface area contributed by atoms with E-state index in [1.54, 1.807) is 12.1 Å². The molecule has 2 atom stereocenters. The van der Waals surface area contributed by atoms with Gasteiger partial charge in [-0.05, 0) is 52.2 Å². The van der Waals surface area contributed by atoms with Crippen LogP contribution in [-0.2, 0) is 25.6 Å². The minimum absolute atomic E-state index is 0.128. The van der Waals surface area contributed by atoms with E-state index in [1.165, 1.54) is 12.1 Å². The molecule has 6 nitrogen and oxygen atoms in total. The molecule has 0 fully saturated rings. The zero-order chi connectivity index (χ0) is 20.8. The fourth-order valence-corrected chi connectivity index (χ4v) is 4.46. The van der Waals surface area contributed by atoms with E-state index in [0.717, 1.165) is 5.56 Å². The number of carbonyl (C=O) groups excluding carboxylic acids is 1. The Kier molecular flexibility index (Phi) is 8.63. The van der Waals surface area contributed by atoms with Gasteiger partial charge in [0.05, 0.1) is 4.90 Å². The average molecular weight is 417 g/mol. The number of sulfonamides is 1. The predicted octanol–water partition coefficient (Wildman–Crippen LogP) is 2.35. The zero-order valence-electron chi connectivity index (χ0n) is 17.0. The Morgan fingerprint density at radius 3 is 2.19 bits per heavy atom. The lowest BCUT2D eigenvalue weighted by molar-refractivity contribution is -0.122. The van der Waals surface area contributed by atoms with E-state index in [1.807, 2.05) is 41.5 Å². The van der Waals surface area contributed by atoms with Crippen molar-refractivity contribution in [1.29, 1.82) is 0 Å². The van der Waals surface area contributed by atoms with Gasteiger partial charge >= 0.3 is 0 Å².